The summed E-state index contributed by atoms with van der Waals surface area (Å²) in [5.41, 5.74) is 10.4. The van der Waals surface area contributed by atoms with Crippen LogP contribution in [0.5, 0.6) is 0 Å². The van der Waals surface area contributed by atoms with Gasteiger partial charge in [0, 0.05) is 11.5 Å². The highest BCUT2D eigenvalue weighted by atomic mass is 32.1. The fourth-order valence-electron chi connectivity index (χ4n) is 3.98. The van der Waals surface area contributed by atoms with Crippen molar-refractivity contribution in [3.63, 3.8) is 0 Å². The van der Waals surface area contributed by atoms with Gasteiger partial charge in [-0.1, -0.05) is 60.7 Å². The third-order valence-corrected chi connectivity index (χ3v) is 5.53. The van der Waals surface area contributed by atoms with E-state index in [-0.39, 0.29) is 23.3 Å². The number of nitrogens with zero attached hydrogens (tertiary/aromatic N) is 1. The van der Waals surface area contributed by atoms with Crippen LogP contribution in [0.2, 0.25) is 0 Å². The summed E-state index contributed by atoms with van der Waals surface area (Å²) in [7, 11) is 0. The summed E-state index contributed by atoms with van der Waals surface area (Å²) in [5.74, 6) is 0.324. The number of carbonyl (C=O) groups excluding carboxylic acids is 1. The molecule has 0 bridgehead atoms. The SMILES string of the molecule is CCOC(=O)C1=C(c2ccccc2)Nc2nc(=S)[nH]c(N)c2C1CCc1ccccc1. The highest BCUT2D eigenvalue weighted by molar-refractivity contribution is 7.71. The van der Waals surface area contributed by atoms with Gasteiger partial charge in [0.05, 0.1) is 17.9 Å². The van der Waals surface area contributed by atoms with E-state index >= 15 is 0 Å². The number of aromatic amines is 1. The van der Waals surface area contributed by atoms with Crippen LogP contribution < -0.4 is 11.1 Å². The van der Waals surface area contributed by atoms with Crippen LogP contribution in [0.4, 0.5) is 11.6 Å². The lowest BCUT2D eigenvalue weighted by atomic mass is 9.81. The Hall–Kier alpha value is -3.45. The normalized spacial score (nSPS) is 15.2. The van der Waals surface area contributed by atoms with Crippen LogP contribution in [-0.2, 0) is 16.0 Å². The quantitative estimate of drug-likeness (QED) is 0.381. The second-order valence-electron chi connectivity index (χ2n) is 7.29. The van der Waals surface area contributed by atoms with Gasteiger partial charge in [0.25, 0.3) is 0 Å². The lowest BCUT2D eigenvalue weighted by molar-refractivity contribution is -0.138. The number of aromatic nitrogens is 2. The van der Waals surface area contributed by atoms with Crippen LogP contribution in [0.3, 0.4) is 0 Å². The van der Waals surface area contributed by atoms with Gasteiger partial charge >= 0.3 is 5.97 Å². The van der Waals surface area contributed by atoms with Crippen molar-refractivity contribution in [1.82, 2.24) is 9.97 Å². The summed E-state index contributed by atoms with van der Waals surface area (Å²) in [5, 5.41) is 3.31. The molecule has 1 aliphatic rings. The Bertz CT molecular complexity index is 1170. The van der Waals surface area contributed by atoms with Crippen LogP contribution >= 0.6 is 12.2 Å². The van der Waals surface area contributed by atoms with Crippen molar-refractivity contribution in [3.8, 4) is 0 Å². The molecule has 0 saturated heterocycles. The number of hydrogen-bond donors (Lipinski definition) is 3. The second kappa shape index (κ2) is 9.14. The Labute approximate surface area is 186 Å². The number of rotatable bonds is 6. The number of esters is 1. The van der Waals surface area contributed by atoms with Crippen LogP contribution in [0.15, 0.2) is 66.2 Å². The number of nitrogens with two attached hydrogens (primary N) is 1. The predicted molar refractivity (Wildman–Crippen MR) is 125 cm³/mol. The molecule has 0 amide bonds. The highest BCUT2D eigenvalue weighted by Crippen LogP contribution is 2.44. The second-order valence-corrected chi connectivity index (χ2v) is 7.68. The molecule has 0 fully saturated rings. The molecule has 0 radical (unpaired) electrons. The van der Waals surface area contributed by atoms with E-state index in [1.54, 1.807) is 6.92 Å². The summed E-state index contributed by atoms with van der Waals surface area (Å²) in [6.07, 6.45) is 1.44. The third kappa shape index (κ3) is 4.36. The monoisotopic (exact) mass is 432 g/mol. The van der Waals surface area contributed by atoms with Crippen molar-refractivity contribution in [1.29, 1.82) is 0 Å². The molecule has 0 spiro atoms. The Morgan fingerprint density at radius 2 is 1.81 bits per heavy atom. The largest absolute Gasteiger partial charge is 0.463 e. The highest BCUT2D eigenvalue weighted by Gasteiger charge is 2.36. The molecule has 158 valence electrons. The van der Waals surface area contributed by atoms with Crippen LogP contribution in [0.25, 0.3) is 5.70 Å². The molecule has 1 unspecified atom stereocenters. The Morgan fingerprint density at radius 3 is 2.48 bits per heavy atom. The summed E-state index contributed by atoms with van der Waals surface area (Å²) < 4.78 is 5.75. The van der Waals surface area contributed by atoms with Crippen molar-refractivity contribution in [3.05, 3.63) is 87.7 Å². The van der Waals surface area contributed by atoms with Gasteiger partial charge in [-0.05, 0) is 43.1 Å². The number of hydrogen-bond acceptors (Lipinski definition) is 6. The minimum Gasteiger partial charge on any atom is -0.463 e. The smallest absolute Gasteiger partial charge is 0.336 e. The molecular weight excluding hydrogens is 408 g/mol. The van der Waals surface area contributed by atoms with E-state index in [0.717, 1.165) is 17.5 Å². The van der Waals surface area contributed by atoms with Crippen LogP contribution in [0, 0.1) is 4.77 Å². The van der Waals surface area contributed by atoms with Crippen LogP contribution in [-0.4, -0.2) is 22.5 Å². The maximum atomic E-state index is 13.2. The predicted octanol–water partition coefficient (Wildman–Crippen LogP) is 4.84. The molecule has 4 N–H and O–H groups in total. The molecule has 2 aromatic carbocycles. The van der Waals surface area contributed by atoms with Gasteiger partial charge < -0.3 is 20.8 Å². The van der Waals surface area contributed by atoms with Gasteiger partial charge in [-0.3, -0.25) is 0 Å². The minimum atomic E-state index is -0.362. The molecule has 1 atom stereocenters. The molecular formula is C24H24N4O2S. The number of H-pyrrole nitrogens is 1. The molecule has 2 heterocycles. The topological polar surface area (TPSA) is 93.0 Å². The number of benzene rings is 2. The molecule has 4 rings (SSSR count). The van der Waals surface area contributed by atoms with E-state index in [1.807, 2.05) is 48.5 Å². The van der Waals surface area contributed by atoms with Crippen molar-refractivity contribution in [2.75, 3.05) is 17.7 Å². The zero-order valence-corrected chi connectivity index (χ0v) is 18.0. The van der Waals surface area contributed by atoms with Gasteiger partial charge in [-0.2, -0.15) is 0 Å². The fourth-order valence-corrected chi connectivity index (χ4v) is 4.18. The van der Waals surface area contributed by atoms with Gasteiger partial charge in [-0.25, -0.2) is 9.78 Å². The molecule has 7 heteroatoms. The van der Waals surface area contributed by atoms with Crippen molar-refractivity contribution in [2.24, 2.45) is 0 Å². The zero-order chi connectivity index (χ0) is 21.8. The average Bonchev–Trinajstić information content (AvgIpc) is 2.78. The summed E-state index contributed by atoms with van der Waals surface area (Å²) >= 11 is 5.25. The van der Waals surface area contributed by atoms with Crippen molar-refractivity contribution >= 4 is 35.5 Å². The fraction of sp³-hybridized carbons (Fsp3) is 0.208. The molecule has 0 aliphatic carbocycles. The van der Waals surface area contributed by atoms with Gasteiger partial charge in [0.1, 0.15) is 11.6 Å². The number of ether oxygens (including phenoxy) is 1. The van der Waals surface area contributed by atoms with E-state index in [9.17, 15) is 4.79 Å². The maximum Gasteiger partial charge on any atom is 0.336 e. The summed E-state index contributed by atoms with van der Waals surface area (Å²) in [6.45, 7) is 2.09. The van der Waals surface area contributed by atoms with E-state index in [4.69, 9.17) is 22.7 Å². The molecule has 1 aliphatic heterocycles. The van der Waals surface area contributed by atoms with E-state index in [0.29, 0.717) is 29.3 Å². The first-order chi connectivity index (χ1) is 15.1. The molecule has 0 saturated carbocycles. The first-order valence-electron chi connectivity index (χ1n) is 10.3. The third-order valence-electron chi connectivity index (χ3n) is 5.33. The van der Waals surface area contributed by atoms with Gasteiger partial charge in [-0.15, -0.1) is 0 Å². The lowest BCUT2D eigenvalue weighted by Gasteiger charge is -2.31. The van der Waals surface area contributed by atoms with Gasteiger partial charge in [0.15, 0.2) is 4.77 Å². The first-order valence-corrected chi connectivity index (χ1v) is 10.7. The Kier molecular flexibility index (Phi) is 6.13. The Balaban J connectivity index is 1.87. The first kappa shape index (κ1) is 20.8. The number of anilines is 2. The summed E-state index contributed by atoms with van der Waals surface area (Å²) in [6, 6.07) is 19.9. The van der Waals surface area contributed by atoms with E-state index < -0.39 is 0 Å². The van der Waals surface area contributed by atoms with E-state index in [1.165, 1.54) is 5.56 Å². The standard InChI is InChI=1S/C24H24N4O2S/c1-2-30-23(29)18-17(14-13-15-9-5-3-6-10-15)19-21(25)27-24(31)28-22(19)26-20(18)16-11-7-4-8-12-16/h3-12,17H,2,13-14H2,1H3,(H4,25,26,27,28,31). The molecule has 31 heavy (non-hydrogen) atoms. The Morgan fingerprint density at radius 1 is 1.13 bits per heavy atom. The van der Waals surface area contributed by atoms with Gasteiger partial charge in [0.2, 0.25) is 0 Å². The molecule has 1 aromatic heterocycles. The van der Waals surface area contributed by atoms with Crippen molar-refractivity contribution < 1.29 is 9.53 Å². The lowest BCUT2D eigenvalue weighted by Crippen LogP contribution is -2.26. The number of carbonyl (C=O) groups is 1. The van der Waals surface area contributed by atoms with Crippen LogP contribution in [0.1, 0.15) is 36.0 Å². The molecule has 3 aromatic rings. The maximum absolute atomic E-state index is 13.2. The average molecular weight is 433 g/mol. The zero-order valence-electron chi connectivity index (χ0n) is 17.2. The molecule has 6 nitrogen and oxygen atoms in total. The number of fused-ring (bicyclic) bond motifs is 1. The minimum absolute atomic E-state index is 0.285. The summed E-state index contributed by atoms with van der Waals surface area (Å²) in [4.78, 5) is 20.6. The van der Waals surface area contributed by atoms with E-state index in [2.05, 4.69) is 27.4 Å². The van der Waals surface area contributed by atoms with Crippen molar-refractivity contribution in [2.45, 2.75) is 25.7 Å². The number of aryl methyl sites for hydroxylation is 1. The number of nitrogens with one attached hydrogen (secondary N) is 2. The number of nitrogen functional groups attached to an aromatic ring is 1.